The molecule has 0 spiro atoms. The van der Waals surface area contributed by atoms with Gasteiger partial charge in [-0.05, 0) is 55.5 Å². The third-order valence-corrected chi connectivity index (χ3v) is 4.13. The molecule has 0 fully saturated rings. The molecule has 1 aliphatic rings. The van der Waals surface area contributed by atoms with Gasteiger partial charge in [0, 0.05) is 18.3 Å². The van der Waals surface area contributed by atoms with Crippen LogP contribution in [0.15, 0.2) is 71.4 Å². The van der Waals surface area contributed by atoms with Crippen LogP contribution in [0.25, 0.3) is 0 Å². The summed E-state index contributed by atoms with van der Waals surface area (Å²) in [7, 11) is 0. The average molecular weight is 323 g/mol. The van der Waals surface area contributed by atoms with Crippen LogP contribution < -0.4 is 4.74 Å². The zero-order valence-corrected chi connectivity index (χ0v) is 13.7. The van der Waals surface area contributed by atoms with E-state index in [9.17, 15) is 4.39 Å². The number of halogens is 1. The van der Waals surface area contributed by atoms with E-state index in [0.717, 1.165) is 37.7 Å². The first kappa shape index (κ1) is 16.4. The summed E-state index contributed by atoms with van der Waals surface area (Å²) in [5.41, 5.74) is 2.35. The maximum absolute atomic E-state index is 13.1. The van der Waals surface area contributed by atoms with Gasteiger partial charge in [-0.25, -0.2) is 4.39 Å². The maximum Gasteiger partial charge on any atom is 0.124 e. The molecule has 0 bridgehead atoms. The highest BCUT2D eigenvalue weighted by Crippen LogP contribution is 2.27. The van der Waals surface area contributed by atoms with Crippen molar-refractivity contribution in [3.05, 3.63) is 77.8 Å². The fourth-order valence-electron chi connectivity index (χ4n) is 2.85. The Kier molecular flexibility index (Phi) is 5.78. The van der Waals surface area contributed by atoms with E-state index in [4.69, 9.17) is 4.74 Å². The number of hydrogen-bond acceptors (Lipinski definition) is 2. The summed E-state index contributed by atoms with van der Waals surface area (Å²) < 4.78 is 19.2. The van der Waals surface area contributed by atoms with Gasteiger partial charge < -0.3 is 4.74 Å². The molecule has 0 aromatic heterocycles. The molecule has 0 aliphatic carbocycles. The first-order valence-corrected chi connectivity index (χ1v) is 8.50. The molecular formula is C21H22FNO. The SMILES string of the molecule is Fc1ccc(OC(CCCCC2=CCC=N2)c2ccccc2)cc1. The zero-order valence-electron chi connectivity index (χ0n) is 13.7. The van der Waals surface area contributed by atoms with E-state index in [0.29, 0.717) is 5.75 Å². The highest BCUT2D eigenvalue weighted by atomic mass is 19.1. The Bertz CT molecular complexity index is 692. The molecule has 1 heterocycles. The van der Waals surface area contributed by atoms with Crippen molar-refractivity contribution in [1.82, 2.24) is 0 Å². The summed E-state index contributed by atoms with van der Waals surface area (Å²) in [6, 6.07) is 16.4. The second kappa shape index (κ2) is 8.44. The number of hydrogen-bond donors (Lipinski definition) is 0. The van der Waals surface area contributed by atoms with E-state index in [-0.39, 0.29) is 11.9 Å². The molecule has 3 heteroatoms. The largest absolute Gasteiger partial charge is 0.486 e. The molecule has 0 amide bonds. The van der Waals surface area contributed by atoms with Crippen LogP contribution in [-0.2, 0) is 0 Å². The lowest BCUT2D eigenvalue weighted by atomic mass is 10.0. The van der Waals surface area contributed by atoms with Gasteiger partial charge in [-0.3, -0.25) is 4.99 Å². The Labute approximate surface area is 142 Å². The van der Waals surface area contributed by atoms with Crippen LogP contribution in [0.5, 0.6) is 5.75 Å². The number of rotatable bonds is 8. The number of ether oxygens (including phenoxy) is 1. The average Bonchev–Trinajstić information content (AvgIpc) is 3.13. The second-order valence-electron chi connectivity index (χ2n) is 5.96. The standard InChI is InChI=1S/C21H22FNO/c22-18-12-14-20(15-13-18)24-21(17-7-2-1-3-8-17)11-5-4-9-19-10-6-16-23-19/h1-3,7-8,10,12-16,21H,4-6,9,11H2. The Morgan fingerprint density at radius 3 is 2.50 bits per heavy atom. The first-order chi connectivity index (χ1) is 11.8. The molecule has 0 radical (unpaired) electrons. The molecular weight excluding hydrogens is 301 g/mol. The smallest absolute Gasteiger partial charge is 0.124 e. The van der Waals surface area contributed by atoms with Crippen molar-refractivity contribution in [2.24, 2.45) is 4.99 Å². The minimum atomic E-state index is -0.246. The Morgan fingerprint density at radius 2 is 1.79 bits per heavy atom. The van der Waals surface area contributed by atoms with E-state index in [1.54, 1.807) is 12.1 Å². The van der Waals surface area contributed by atoms with Crippen LogP contribution in [0.1, 0.15) is 43.8 Å². The van der Waals surface area contributed by atoms with Gasteiger partial charge in [0.05, 0.1) is 0 Å². The lowest BCUT2D eigenvalue weighted by Gasteiger charge is -2.20. The third kappa shape index (κ3) is 4.79. The minimum Gasteiger partial charge on any atom is -0.486 e. The molecule has 0 N–H and O–H groups in total. The van der Waals surface area contributed by atoms with Crippen molar-refractivity contribution in [2.75, 3.05) is 0 Å². The monoisotopic (exact) mass is 323 g/mol. The Morgan fingerprint density at radius 1 is 1.00 bits per heavy atom. The fraction of sp³-hybridized carbons (Fsp3) is 0.286. The Balaban J connectivity index is 1.59. The number of unbranched alkanes of at least 4 members (excludes halogenated alkanes) is 1. The van der Waals surface area contributed by atoms with Crippen LogP contribution >= 0.6 is 0 Å². The summed E-state index contributed by atoms with van der Waals surface area (Å²) in [6.07, 6.45) is 9.21. The molecule has 0 saturated carbocycles. The van der Waals surface area contributed by atoms with Gasteiger partial charge in [-0.1, -0.05) is 36.4 Å². The number of nitrogens with zero attached hydrogens (tertiary/aromatic N) is 1. The molecule has 1 aliphatic heterocycles. The van der Waals surface area contributed by atoms with Gasteiger partial charge in [0.25, 0.3) is 0 Å². The van der Waals surface area contributed by atoms with Gasteiger partial charge in [0.1, 0.15) is 17.7 Å². The predicted octanol–water partition coefficient (Wildman–Crippen LogP) is 5.86. The van der Waals surface area contributed by atoms with E-state index in [2.05, 4.69) is 23.2 Å². The maximum atomic E-state index is 13.1. The number of aliphatic imine (C=N–C) groups is 1. The first-order valence-electron chi connectivity index (χ1n) is 8.50. The van der Waals surface area contributed by atoms with Crippen LogP contribution in [0.2, 0.25) is 0 Å². The summed E-state index contributed by atoms with van der Waals surface area (Å²) in [5.74, 6) is 0.456. The summed E-state index contributed by atoms with van der Waals surface area (Å²) in [5, 5.41) is 0. The molecule has 124 valence electrons. The molecule has 1 unspecified atom stereocenters. The van der Waals surface area contributed by atoms with E-state index >= 15 is 0 Å². The van der Waals surface area contributed by atoms with Crippen molar-refractivity contribution < 1.29 is 9.13 Å². The van der Waals surface area contributed by atoms with E-state index in [1.807, 2.05) is 24.4 Å². The second-order valence-corrected chi connectivity index (χ2v) is 5.96. The van der Waals surface area contributed by atoms with Crippen LogP contribution in [0.3, 0.4) is 0 Å². The highest BCUT2D eigenvalue weighted by Gasteiger charge is 2.13. The molecule has 2 aromatic rings. The lowest BCUT2D eigenvalue weighted by molar-refractivity contribution is 0.190. The number of benzene rings is 2. The molecule has 3 rings (SSSR count). The Hall–Kier alpha value is -2.42. The number of allylic oxidation sites excluding steroid dienone is 2. The zero-order chi connectivity index (χ0) is 16.6. The van der Waals surface area contributed by atoms with Crippen molar-refractivity contribution in [3.63, 3.8) is 0 Å². The summed E-state index contributed by atoms with van der Waals surface area (Å²) in [4.78, 5) is 4.36. The van der Waals surface area contributed by atoms with E-state index < -0.39 is 0 Å². The topological polar surface area (TPSA) is 21.6 Å². The van der Waals surface area contributed by atoms with Crippen LogP contribution in [0.4, 0.5) is 4.39 Å². The van der Waals surface area contributed by atoms with Crippen LogP contribution in [-0.4, -0.2) is 6.21 Å². The predicted molar refractivity (Wildman–Crippen MR) is 95.9 cm³/mol. The summed E-state index contributed by atoms with van der Waals surface area (Å²) in [6.45, 7) is 0. The highest BCUT2D eigenvalue weighted by molar-refractivity contribution is 5.64. The molecule has 0 saturated heterocycles. The van der Waals surface area contributed by atoms with E-state index in [1.165, 1.54) is 17.8 Å². The van der Waals surface area contributed by atoms with Gasteiger partial charge >= 0.3 is 0 Å². The molecule has 2 aromatic carbocycles. The van der Waals surface area contributed by atoms with Crippen molar-refractivity contribution in [1.29, 1.82) is 0 Å². The van der Waals surface area contributed by atoms with Gasteiger partial charge in [-0.2, -0.15) is 0 Å². The van der Waals surface area contributed by atoms with Crippen molar-refractivity contribution in [2.45, 2.75) is 38.2 Å². The lowest BCUT2D eigenvalue weighted by Crippen LogP contribution is -2.08. The quantitative estimate of drug-likeness (QED) is 0.557. The summed E-state index contributed by atoms with van der Waals surface area (Å²) >= 11 is 0. The third-order valence-electron chi connectivity index (χ3n) is 4.13. The fourth-order valence-corrected chi connectivity index (χ4v) is 2.85. The van der Waals surface area contributed by atoms with Gasteiger partial charge in [-0.15, -0.1) is 0 Å². The minimum absolute atomic E-state index is 0.0160. The van der Waals surface area contributed by atoms with Crippen LogP contribution in [0, 0.1) is 5.82 Å². The molecule has 2 nitrogen and oxygen atoms in total. The van der Waals surface area contributed by atoms with Crippen molar-refractivity contribution in [3.8, 4) is 5.75 Å². The van der Waals surface area contributed by atoms with Gasteiger partial charge in [0.2, 0.25) is 0 Å². The molecule has 1 atom stereocenters. The van der Waals surface area contributed by atoms with Gasteiger partial charge in [0.15, 0.2) is 0 Å². The molecule has 24 heavy (non-hydrogen) atoms. The van der Waals surface area contributed by atoms with Crippen molar-refractivity contribution >= 4 is 6.21 Å². The normalized spacial score (nSPS) is 14.5.